The Kier molecular flexibility index (Phi) is 5.39. The number of nitrogens with one attached hydrogen (secondary N) is 2. The highest BCUT2D eigenvalue weighted by molar-refractivity contribution is 6.00. The first kappa shape index (κ1) is 19.5. The normalized spacial score (nSPS) is 11.8. The molecule has 2 amide bonds. The second kappa shape index (κ2) is 7.19. The number of alkyl halides is 3. The van der Waals surface area contributed by atoms with E-state index in [1.165, 1.54) is 32.9 Å². The number of hydrogen-bond acceptors (Lipinski definition) is 2. The zero-order valence-electron chi connectivity index (χ0n) is 14.6. The van der Waals surface area contributed by atoms with Gasteiger partial charge < -0.3 is 10.6 Å². The summed E-state index contributed by atoms with van der Waals surface area (Å²) >= 11 is 0. The van der Waals surface area contributed by atoms with Gasteiger partial charge in [-0.3, -0.25) is 9.59 Å². The monoisotopic (exact) mass is 364 g/mol. The van der Waals surface area contributed by atoms with Gasteiger partial charge >= 0.3 is 6.18 Å². The lowest BCUT2D eigenvalue weighted by molar-refractivity contribution is -0.137. The average Bonchev–Trinajstić information content (AvgIpc) is 2.53. The number of benzene rings is 2. The number of anilines is 1. The van der Waals surface area contributed by atoms with Crippen LogP contribution in [-0.2, 0) is 15.8 Å². The summed E-state index contributed by atoms with van der Waals surface area (Å²) in [5.74, 6) is -1.03. The summed E-state index contributed by atoms with van der Waals surface area (Å²) in [6.45, 7) is 4.19. The molecule has 0 heterocycles. The van der Waals surface area contributed by atoms with E-state index in [4.69, 9.17) is 0 Å². The van der Waals surface area contributed by atoms with Gasteiger partial charge in [0.05, 0.1) is 5.56 Å². The first-order valence-electron chi connectivity index (χ1n) is 7.87. The number of hydrogen-bond donors (Lipinski definition) is 2. The Morgan fingerprint density at radius 3 is 2.12 bits per heavy atom. The second-order valence-electron chi connectivity index (χ2n) is 6.38. The molecule has 26 heavy (non-hydrogen) atoms. The zero-order valence-corrected chi connectivity index (χ0v) is 14.6. The third-order valence-electron chi connectivity index (χ3n) is 3.72. The molecule has 0 aliphatic heterocycles. The summed E-state index contributed by atoms with van der Waals surface area (Å²) in [5, 5.41) is 4.87. The highest BCUT2D eigenvalue weighted by Gasteiger charge is 2.35. The van der Waals surface area contributed by atoms with Gasteiger partial charge in [0.25, 0.3) is 0 Å². The summed E-state index contributed by atoms with van der Waals surface area (Å²) < 4.78 is 40.5. The summed E-state index contributed by atoms with van der Waals surface area (Å²) in [7, 11) is 0. The molecule has 0 aliphatic carbocycles. The molecular formula is C19H19F3N2O2. The summed E-state index contributed by atoms with van der Waals surface area (Å²) in [4.78, 5) is 23.4. The standard InChI is InChI=1S/C19H19F3N2O2/c1-12(25)24-18(2,3)17(26)23-14-9-10-15(13-7-5-4-6-8-13)16(11-14)19(20,21)22/h4-11H,1-3H3,(H,23,26)(H,24,25). The Labute approximate surface area is 149 Å². The summed E-state index contributed by atoms with van der Waals surface area (Å²) in [6, 6.07) is 11.8. The fourth-order valence-electron chi connectivity index (χ4n) is 2.51. The van der Waals surface area contributed by atoms with Crippen molar-refractivity contribution in [1.29, 1.82) is 0 Å². The fourth-order valence-corrected chi connectivity index (χ4v) is 2.51. The van der Waals surface area contributed by atoms with E-state index in [1.54, 1.807) is 30.3 Å². The van der Waals surface area contributed by atoms with Crippen molar-refractivity contribution in [3.8, 4) is 11.1 Å². The lowest BCUT2D eigenvalue weighted by atomic mass is 9.98. The Bertz CT molecular complexity index is 815. The molecule has 0 bridgehead atoms. The first-order chi connectivity index (χ1) is 12.0. The van der Waals surface area contributed by atoms with Crippen LogP contribution in [0.15, 0.2) is 48.5 Å². The molecule has 0 saturated heterocycles. The van der Waals surface area contributed by atoms with Crippen LogP contribution in [0.2, 0.25) is 0 Å². The van der Waals surface area contributed by atoms with Crippen LogP contribution in [0.3, 0.4) is 0 Å². The van der Waals surface area contributed by atoms with E-state index in [0.717, 1.165) is 6.07 Å². The van der Waals surface area contributed by atoms with Crippen molar-refractivity contribution >= 4 is 17.5 Å². The van der Waals surface area contributed by atoms with Gasteiger partial charge in [-0.25, -0.2) is 0 Å². The predicted molar refractivity (Wildman–Crippen MR) is 93.4 cm³/mol. The average molecular weight is 364 g/mol. The van der Waals surface area contributed by atoms with Gasteiger partial charge in [0.2, 0.25) is 11.8 Å². The lowest BCUT2D eigenvalue weighted by Crippen LogP contribution is -2.51. The Balaban J connectivity index is 2.38. The molecule has 0 unspecified atom stereocenters. The van der Waals surface area contributed by atoms with Crippen LogP contribution >= 0.6 is 0 Å². The minimum Gasteiger partial charge on any atom is -0.342 e. The molecule has 0 radical (unpaired) electrons. The maximum absolute atomic E-state index is 13.5. The van der Waals surface area contributed by atoms with E-state index in [0.29, 0.717) is 5.56 Å². The van der Waals surface area contributed by atoms with Crippen LogP contribution in [0.1, 0.15) is 26.3 Å². The predicted octanol–water partition coefficient (Wildman–Crippen LogP) is 4.23. The Hall–Kier alpha value is -2.83. The molecule has 4 nitrogen and oxygen atoms in total. The topological polar surface area (TPSA) is 58.2 Å². The number of halogens is 3. The minimum absolute atomic E-state index is 0.000401. The van der Waals surface area contributed by atoms with E-state index >= 15 is 0 Å². The molecule has 2 aromatic carbocycles. The fraction of sp³-hybridized carbons (Fsp3) is 0.263. The van der Waals surface area contributed by atoms with Crippen LogP contribution < -0.4 is 10.6 Å². The molecular weight excluding hydrogens is 345 g/mol. The van der Waals surface area contributed by atoms with Gasteiger partial charge in [0.15, 0.2) is 0 Å². The van der Waals surface area contributed by atoms with E-state index in [1.807, 2.05) is 0 Å². The molecule has 0 aromatic heterocycles. The van der Waals surface area contributed by atoms with Crippen molar-refractivity contribution in [1.82, 2.24) is 5.32 Å². The van der Waals surface area contributed by atoms with Gasteiger partial charge in [0.1, 0.15) is 5.54 Å². The molecule has 0 saturated carbocycles. The van der Waals surface area contributed by atoms with Gasteiger partial charge in [-0.1, -0.05) is 36.4 Å². The third kappa shape index (κ3) is 4.62. The minimum atomic E-state index is -4.58. The van der Waals surface area contributed by atoms with Crippen molar-refractivity contribution < 1.29 is 22.8 Å². The highest BCUT2D eigenvalue weighted by Crippen LogP contribution is 2.38. The Morgan fingerprint density at radius 1 is 0.962 bits per heavy atom. The van der Waals surface area contributed by atoms with E-state index in [-0.39, 0.29) is 11.3 Å². The SMILES string of the molecule is CC(=O)NC(C)(C)C(=O)Nc1ccc(-c2ccccc2)c(C(F)(F)F)c1. The number of carbonyl (C=O) groups excluding carboxylic acids is 2. The maximum atomic E-state index is 13.5. The molecule has 2 aromatic rings. The van der Waals surface area contributed by atoms with Gasteiger partial charge in [0, 0.05) is 12.6 Å². The van der Waals surface area contributed by atoms with Crippen LogP contribution in [0.4, 0.5) is 18.9 Å². The number of rotatable bonds is 4. The van der Waals surface area contributed by atoms with E-state index in [2.05, 4.69) is 10.6 Å². The number of carbonyl (C=O) groups is 2. The van der Waals surface area contributed by atoms with Crippen LogP contribution in [0.5, 0.6) is 0 Å². The van der Waals surface area contributed by atoms with Crippen LogP contribution in [-0.4, -0.2) is 17.4 Å². The molecule has 138 valence electrons. The number of amides is 2. The van der Waals surface area contributed by atoms with Crippen molar-refractivity contribution in [3.05, 3.63) is 54.1 Å². The van der Waals surface area contributed by atoms with Crippen molar-refractivity contribution in [2.45, 2.75) is 32.5 Å². The summed E-state index contributed by atoms with van der Waals surface area (Å²) in [5.41, 5.74) is -1.66. The quantitative estimate of drug-likeness (QED) is 0.853. The molecule has 0 atom stereocenters. The van der Waals surface area contributed by atoms with Gasteiger partial charge in [-0.2, -0.15) is 13.2 Å². The van der Waals surface area contributed by atoms with E-state index in [9.17, 15) is 22.8 Å². The van der Waals surface area contributed by atoms with Gasteiger partial charge in [-0.05, 0) is 37.1 Å². The molecule has 2 rings (SSSR count). The highest BCUT2D eigenvalue weighted by atomic mass is 19.4. The Morgan fingerprint density at radius 2 is 1.58 bits per heavy atom. The zero-order chi connectivity index (χ0) is 19.5. The van der Waals surface area contributed by atoms with Crippen LogP contribution in [0, 0.1) is 0 Å². The smallest absolute Gasteiger partial charge is 0.342 e. The van der Waals surface area contributed by atoms with E-state index < -0.39 is 29.1 Å². The first-order valence-corrected chi connectivity index (χ1v) is 7.87. The third-order valence-corrected chi connectivity index (χ3v) is 3.72. The van der Waals surface area contributed by atoms with Crippen molar-refractivity contribution in [2.24, 2.45) is 0 Å². The van der Waals surface area contributed by atoms with Crippen molar-refractivity contribution in [3.63, 3.8) is 0 Å². The second-order valence-corrected chi connectivity index (χ2v) is 6.38. The molecule has 2 N–H and O–H groups in total. The maximum Gasteiger partial charge on any atom is 0.417 e. The molecule has 0 spiro atoms. The summed E-state index contributed by atoms with van der Waals surface area (Å²) in [6.07, 6.45) is -4.58. The van der Waals surface area contributed by atoms with Gasteiger partial charge in [-0.15, -0.1) is 0 Å². The largest absolute Gasteiger partial charge is 0.417 e. The molecule has 0 fully saturated rings. The lowest BCUT2D eigenvalue weighted by Gasteiger charge is -2.24. The van der Waals surface area contributed by atoms with Crippen LogP contribution in [0.25, 0.3) is 11.1 Å². The molecule has 7 heteroatoms. The van der Waals surface area contributed by atoms with Crippen molar-refractivity contribution in [2.75, 3.05) is 5.32 Å². The molecule has 0 aliphatic rings.